The number of hydrogen-bond acceptors (Lipinski definition) is 3. The highest BCUT2D eigenvalue weighted by molar-refractivity contribution is 7.97. The van der Waals surface area contributed by atoms with Crippen LogP contribution in [0.3, 0.4) is 0 Å². The second-order valence-electron chi connectivity index (χ2n) is 6.64. The van der Waals surface area contributed by atoms with Crippen LogP contribution in [0.5, 0.6) is 0 Å². The number of carbonyl (C=O) groups excluding carboxylic acids is 1. The highest BCUT2D eigenvalue weighted by atomic mass is 32.2. The molecule has 1 heterocycles. The third kappa shape index (κ3) is 4.86. The fraction of sp³-hybridized carbons (Fsp3) is 0.381. The van der Waals surface area contributed by atoms with Crippen LogP contribution in [0, 0.1) is 5.82 Å². The Morgan fingerprint density at radius 3 is 2.54 bits per heavy atom. The molecule has 0 unspecified atom stereocenters. The molecule has 3 nitrogen and oxygen atoms in total. The molecule has 1 aliphatic heterocycles. The van der Waals surface area contributed by atoms with Gasteiger partial charge in [-0.3, -0.25) is 9.69 Å². The van der Waals surface area contributed by atoms with E-state index >= 15 is 0 Å². The van der Waals surface area contributed by atoms with Gasteiger partial charge >= 0.3 is 0 Å². The summed E-state index contributed by atoms with van der Waals surface area (Å²) in [5, 5.41) is 0. The monoisotopic (exact) mass is 372 g/mol. The SMILES string of the molecule is CSCc1ccc(C(=O)N2CCCN(Cc3ccccc3F)CC2)cc1. The molecule has 0 bridgehead atoms. The summed E-state index contributed by atoms with van der Waals surface area (Å²) in [5.41, 5.74) is 2.70. The summed E-state index contributed by atoms with van der Waals surface area (Å²) in [6.07, 6.45) is 2.98. The Bertz CT molecular complexity index is 735. The highest BCUT2D eigenvalue weighted by Gasteiger charge is 2.20. The minimum absolute atomic E-state index is 0.0912. The molecule has 0 radical (unpaired) electrons. The van der Waals surface area contributed by atoms with E-state index in [0.717, 1.165) is 42.9 Å². The third-order valence-corrected chi connectivity index (χ3v) is 5.36. The molecule has 1 fully saturated rings. The van der Waals surface area contributed by atoms with Crippen molar-refractivity contribution in [1.82, 2.24) is 9.80 Å². The summed E-state index contributed by atoms with van der Waals surface area (Å²) in [4.78, 5) is 16.9. The zero-order valence-electron chi connectivity index (χ0n) is 15.2. The Morgan fingerprint density at radius 2 is 1.81 bits per heavy atom. The lowest BCUT2D eigenvalue weighted by Crippen LogP contribution is -2.35. The van der Waals surface area contributed by atoms with Gasteiger partial charge in [0.05, 0.1) is 0 Å². The largest absolute Gasteiger partial charge is 0.337 e. The molecule has 2 aromatic carbocycles. The van der Waals surface area contributed by atoms with Gasteiger partial charge in [-0.25, -0.2) is 4.39 Å². The average molecular weight is 373 g/mol. The Hall–Kier alpha value is -1.85. The lowest BCUT2D eigenvalue weighted by molar-refractivity contribution is 0.0761. The van der Waals surface area contributed by atoms with Crippen LogP contribution in [-0.2, 0) is 12.3 Å². The number of nitrogens with zero attached hydrogens (tertiary/aromatic N) is 2. The molecule has 0 atom stereocenters. The summed E-state index contributed by atoms with van der Waals surface area (Å²) < 4.78 is 13.9. The van der Waals surface area contributed by atoms with E-state index in [-0.39, 0.29) is 11.7 Å². The van der Waals surface area contributed by atoms with E-state index in [9.17, 15) is 9.18 Å². The van der Waals surface area contributed by atoms with Crippen molar-refractivity contribution in [3.05, 3.63) is 71.0 Å². The first-order valence-corrected chi connectivity index (χ1v) is 10.4. The van der Waals surface area contributed by atoms with Gasteiger partial charge < -0.3 is 4.90 Å². The van der Waals surface area contributed by atoms with Crippen molar-refractivity contribution in [3.8, 4) is 0 Å². The molecule has 1 amide bonds. The molecule has 1 aliphatic rings. The minimum atomic E-state index is -0.157. The molecule has 0 spiro atoms. The number of benzene rings is 2. The van der Waals surface area contributed by atoms with Gasteiger partial charge in [0.2, 0.25) is 0 Å². The van der Waals surface area contributed by atoms with Crippen LogP contribution in [0.2, 0.25) is 0 Å². The van der Waals surface area contributed by atoms with Crippen molar-refractivity contribution in [1.29, 1.82) is 0 Å². The van der Waals surface area contributed by atoms with Gasteiger partial charge in [-0.05, 0) is 36.4 Å². The predicted octanol–water partition coefficient (Wildman–Crippen LogP) is 4.04. The van der Waals surface area contributed by atoms with Gasteiger partial charge in [-0.15, -0.1) is 0 Å². The minimum Gasteiger partial charge on any atom is -0.337 e. The smallest absolute Gasteiger partial charge is 0.253 e. The van der Waals surface area contributed by atoms with Gasteiger partial charge in [0.1, 0.15) is 5.82 Å². The van der Waals surface area contributed by atoms with E-state index in [1.54, 1.807) is 17.8 Å². The van der Waals surface area contributed by atoms with Crippen molar-refractivity contribution >= 4 is 17.7 Å². The highest BCUT2D eigenvalue weighted by Crippen LogP contribution is 2.15. The van der Waals surface area contributed by atoms with Crippen molar-refractivity contribution in [2.45, 2.75) is 18.7 Å². The predicted molar refractivity (Wildman–Crippen MR) is 106 cm³/mol. The van der Waals surface area contributed by atoms with E-state index in [2.05, 4.69) is 11.2 Å². The fourth-order valence-electron chi connectivity index (χ4n) is 3.29. The first-order chi connectivity index (χ1) is 12.7. The van der Waals surface area contributed by atoms with Gasteiger partial charge in [0.25, 0.3) is 5.91 Å². The molecule has 0 aromatic heterocycles. The van der Waals surface area contributed by atoms with E-state index in [4.69, 9.17) is 0 Å². The van der Waals surface area contributed by atoms with Crippen LogP contribution in [-0.4, -0.2) is 48.1 Å². The molecular weight excluding hydrogens is 347 g/mol. The van der Waals surface area contributed by atoms with Crippen molar-refractivity contribution in [2.24, 2.45) is 0 Å². The Kier molecular flexibility index (Phi) is 6.69. The molecule has 2 aromatic rings. The second kappa shape index (κ2) is 9.19. The number of rotatable bonds is 5. The molecule has 26 heavy (non-hydrogen) atoms. The zero-order valence-corrected chi connectivity index (χ0v) is 16.0. The third-order valence-electron chi connectivity index (χ3n) is 4.74. The maximum Gasteiger partial charge on any atom is 0.253 e. The maximum absolute atomic E-state index is 13.9. The quantitative estimate of drug-likeness (QED) is 0.791. The topological polar surface area (TPSA) is 23.6 Å². The first-order valence-electron chi connectivity index (χ1n) is 9.00. The average Bonchev–Trinajstić information content (AvgIpc) is 2.90. The van der Waals surface area contributed by atoms with Crippen molar-refractivity contribution in [3.63, 3.8) is 0 Å². The van der Waals surface area contributed by atoms with Crippen LogP contribution in [0.4, 0.5) is 4.39 Å². The molecule has 138 valence electrons. The van der Waals surface area contributed by atoms with Crippen molar-refractivity contribution < 1.29 is 9.18 Å². The lowest BCUT2D eigenvalue weighted by atomic mass is 10.1. The number of halogens is 1. The normalized spacial score (nSPS) is 15.7. The molecule has 3 rings (SSSR count). The number of thioether (sulfide) groups is 1. The molecule has 0 N–H and O–H groups in total. The Morgan fingerprint density at radius 1 is 1.04 bits per heavy atom. The summed E-state index contributed by atoms with van der Waals surface area (Å²) in [7, 11) is 0. The maximum atomic E-state index is 13.9. The molecule has 5 heteroatoms. The Labute approximate surface area is 159 Å². The second-order valence-corrected chi connectivity index (χ2v) is 7.51. The zero-order chi connectivity index (χ0) is 18.4. The Balaban J connectivity index is 1.59. The molecule has 0 saturated carbocycles. The lowest BCUT2D eigenvalue weighted by Gasteiger charge is -2.22. The van der Waals surface area contributed by atoms with E-state index < -0.39 is 0 Å². The van der Waals surface area contributed by atoms with Crippen LogP contribution < -0.4 is 0 Å². The van der Waals surface area contributed by atoms with Crippen LogP contribution in [0.15, 0.2) is 48.5 Å². The van der Waals surface area contributed by atoms with Gasteiger partial charge in [-0.1, -0.05) is 30.3 Å². The van der Waals surface area contributed by atoms with Crippen LogP contribution >= 0.6 is 11.8 Å². The van der Waals surface area contributed by atoms with E-state index in [0.29, 0.717) is 13.1 Å². The number of carbonyl (C=O) groups is 1. The van der Waals surface area contributed by atoms with E-state index in [1.807, 2.05) is 41.3 Å². The van der Waals surface area contributed by atoms with Crippen molar-refractivity contribution in [2.75, 3.05) is 32.4 Å². The standard InChI is InChI=1S/C21H25FN2OS/c1-26-16-17-7-9-18(10-8-17)21(25)24-12-4-11-23(13-14-24)15-19-5-2-3-6-20(19)22/h2-3,5-10H,4,11-16H2,1H3. The number of hydrogen-bond donors (Lipinski definition) is 0. The van der Waals surface area contributed by atoms with E-state index in [1.165, 1.54) is 11.6 Å². The van der Waals surface area contributed by atoms with Gasteiger partial charge in [0, 0.05) is 49.6 Å². The van der Waals surface area contributed by atoms with Crippen LogP contribution in [0.25, 0.3) is 0 Å². The summed E-state index contributed by atoms with van der Waals surface area (Å²) in [5.74, 6) is 0.895. The number of amides is 1. The van der Waals surface area contributed by atoms with Gasteiger partial charge in [-0.2, -0.15) is 11.8 Å². The molecule has 0 aliphatic carbocycles. The molecule has 1 saturated heterocycles. The summed E-state index contributed by atoms with van der Waals surface area (Å²) in [6.45, 7) is 3.67. The fourth-order valence-corrected chi connectivity index (χ4v) is 3.82. The van der Waals surface area contributed by atoms with Crippen LogP contribution in [0.1, 0.15) is 27.9 Å². The first kappa shape index (κ1) is 18.9. The summed E-state index contributed by atoms with van der Waals surface area (Å²) in [6, 6.07) is 14.8. The van der Waals surface area contributed by atoms with Gasteiger partial charge in [0.15, 0.2) is 0 Å². The molecular formula is C21H25FN2OS. The summed E-state index contributed by atoms with van der Waals surface area (Å²) >= 11 is 1.77.